The summed E-state index contributed by atoms with van der Waals surface area (Å²) in [6.45, 7) is 12.5. The molecule has 3 aromatic heterocycles. The van der Waals surface area contributed by atoms with Gasteiger partial charge in [0.2, 0.25) is 0 Å². The highest BCUT2D eigenvalue weighted by Gasteiger charge is 2.40. The molecule has 1 aliphatic rings. The molecular formula is C34H42N8O5SSi. The number of benzene rings is 2. The van der Waals surface area contributed by atoms with Crippen molar-refractivity contribution >= 4 is 35.7 Å². The molecule has 2 aromatic carbocycles. The fourth-order valence-corrected chi connectivity index (χ4v) is 7.25. The average Bonchev–Trinajstić information content (AvgIpc) is 3.80. The van der Waals surface area contributed by atoms with Gasteiger partial charge in [-0.05, 0) is 35.7 Å². The Kier molecular flexibility index (Phi) is 9.97. The van der Waals surface area contributed by atoms with Gasteiger partial charge in [0.1, 0.15) is 18.9 Å². The van der Waals surface area contributed by atoms with E-state index in [9.17, 15) is 13.2 Å². The molecule has 6 rings (SSSR count). The molecule has 4 heterocycles. The maximum absolute atomic E-state index is 13.7. The van der Waals surface area contributed by atoms with Crippen molar-refractivity contribution in [1.82, 2.24) is 34.3 Å². The third-order valence-corrected chi connectivity index (χ3v) is 11.5. The Bertz CT molecular complexity index is 2010. The number of hydrogen-bond acceptors (Lipinski definition) is 9. The summed E-state index contributed by atoms with van der Waals surface area (Å²) in [4.78, 5) is 26.5. The molecule has 49 heavy (non-hydrogen) atoms. The highest BCUT2D eigenvalue weighted by atomic mass is 32.2. The van der Waals surface area contributed by atoms with E-state index in [1.165, 1.54) is 12.1 Å². The second-order valence-electron chi connectivity index (χ2n) is 13.6. The van der Waals surface area contributed by atoms with E-state index in [1.54, 1.807) is 62.0 Å². The summed E-state index contributed by atoms with van der Waals surface area (Å²) in [7, 11) is -5.08. The van der Waals surface area contributed by atoms with Crippen LogP contribution in [0.3, 0.4) is 0 Å². The molecule has 0 N–H and O–H groups in total. The Morgan fingerprint density at radius 2 is 1.71 bits per heavy atom. The smallest absolute Gasteiger partial charge is 0.326 e. The predicted molar refractivity (Wildman–Crippen MR) is 189 cm³/mol. The summed E-state index contributed by atoms with van der Waals surface area (Å²) >= 11 is 0. The van der Waals surface area contributed by atoms with Gasteiger partial charge in [-0.1, -0.05) is 76.0 Å². The summed E-state index contributed by atoms with van der Waals surface area (Å²) in [6.07, 6.45) is 5.23. The Hall–Kier alpha value is -4.44. The van der Waals surface area contributed by atoms with E-state index in [2.05, 4.69) is 48.7 Å². The molecule has 2 amide bonds. The van der Waals surface area contributed by atoms with Gasteiger partial charge < -0.3 is 9.64 Å². The third kappa shape index (κ3) is 7.90. The van der Waals surface area contributed by atoms with E-state index in [0.717, 1.165) is 22.7 Å². The number of aromatic nitrogens is 6. The number of fused-ring (bicyclic) bond motifs is 1. The number of carbonyl (C=O) groups is 1. The van der Waals surface area contributed by atoms with Crippen LogP contribution in [0.15, 0.2) is 84.3 Å². The molecule has 1 atom stereocenters. The Morgan fingerprint density at radius 1 is 0.980 bits per heavy atom. The van der Waals surface area contributed by atoms with Gasteiger partial charge in [0, 0.05) is 45.1 Å². The van der Waals surface area contributed by atoms with Crippen molar-refractivity contribution in [3.05, 3.63) is 79.4 Å². The van der Waals surface area contributed by atoms with E-state index in [0.29, 0.717) is 37.2 Å². The lowest BCUT2D eigenvalue weighted by Gasteiger charge is -2.25. The molecule has 0 bridgehead atoms. The van der Waals surface area contributed by atoms with Gasteiger partial charge in [-0.2, -0.15) is 13.5 Å². The van der Waals surface area contributed by atoms with Crippen LogP contribution < -0.4 is 4.90 Å². The molecule has 0 spiro atoms. The highest BCUT2D eigenvalue weighted by Crippen LogP contribution is 2.31. The summed E-state index contributed by atoms with van der Waals surface area (Å²) in [5, 5.41) is 9.08. The number of anilines is 1. The summed E-state index contributed by atoms with van der Waals surface area (Å²) in [5.74, 6) is 1.23. The van der Waals surface area contributed by atoms with Crippen LogP contribution >= 0.6 is 0 Å². The molecule has 0 aliphatic carbocycles. The Labute approximate surface area is 287 Å². The van der Waals surface area contributed by atoms with Crippen molar-refractivity contribution in [2.24, 2.45) is 5.92 Å². The van der Waals surface area contributed by atoms with Gasteiger partial charge in [0.15, 0.2) is 11.5 Å². The zero-order valence-corrected chi connectivity index (χ0v) is 30.2. The number of hydrogen-bond donors (Lipinski definition) is 0. The number of nitrogens with zero attached hydrogens (tertiary/aromatic N) is 8. The van der Waals surface area contributed by atoms with E-state index in [1.807, 2.05) is 24.3 Å². The second kappa shape index (κ2) is 14.2. The molecule has 5 aromatic rings. The van der Waals surface area contributed by atoms with Gasteiger partial charge in [0.05, 0.1) is 23.7 Å². The van der Waals surface area contributed by atoms with Crippen LogP contribution in [0.2, 0.25) is 25.7 Å². The van der Waals surface area contributed by atoms with E-state index >= 15 is 0 Å². The molecule has 1 fully saturated rings. The molecule has 0 saturated carbocycles. The lowest BCUT2D eigenvalue weighted by molar-refractivity contribution is 0.0785. The first-order valence-electron chi connectivity index (χ1n) is 16.3. The Morgan fingerprint density at radius 3 is 2.43 bits per heavy atom. The molecule has 258 valence electrons. The SMILES string of the molecule is CC(C)[C@H]1CN(CCOS(=O)(=O)c2ccccc2)C(=O)N1c1ccn2ncc(-c3ccc(-c4ncn(COCC[Si](C)(C)C)n4)cc3)c2n1. The lowest BCUT2D eigenvalue weighted by Crippen LogP contribution is -2.38. The first-order valence-corrected chi connectivity index (χ1v) is 21.5. The van der Waals surface area contributed by atoms with Gasteiger partial charge in [-0.3, -0.25) is 9.08 Å². The number of amides is 2. The van der Waals surface area contributed by atoms with Crippen LogP contribution in [0.4, 0.5) is 10.6 Å². The summed E-state index contributed by atoms with van der Waals surface area (Å²) < 4.78 is 39.6. The van der Waals surface area contributed by atoms with E-state index < -0.39 is 18.2 Å². The zero-order valence-electron chi connectivity index (χ0n) is 28.4. The van der Waals surface area contributed by atoms with Crippen molar-refractivity contribution in [1.29, 1.82) is 0 Å². The molecule has 1 saturated heterocycles. The Balaban J connectivity index is 1.15. The largest absolute Gasteiger partial charge is 0.359 e. The third-order valence-electron chi connectivity index (χ3n) is 8.43. The maximum atomic E-state index is 13.7. The molecule has 1 aliphatic heterocycles. The quantitative estimate of drug-likeness (QED) is 0.0818. The molecule has 0 unspecified atom stereocenters. The predicted octanol–water partition coefficient (Wildman–Crippen LogP) is 5.64. The second-order valence-corrected chi connectivity index (χ2v) is 20.9. The van der Waals surface area contributed by atoms with Crippen molar-refractivity contribution < 1.29 is 22.1 Å². The van der Waals surface area contributed by atoms with E-state index in [-0.39, 0.29) is 36.0 Å². The topological polar surface area (TPSA) is 137 Å². The van der Waals surface area contributed by atoms with Gasteiger partial charge in [0.25, 0.3) is 10.1 Å². The fourth-order valence-electron chi connectivity index (χ4n) is 5.58. The normalized spacial score (nSPS) is 15.6. The van der Waals surface area contributed by atoms with Gasteiger partial charge in [-0.15, -0.1) is 5.10 Å². The number of carbonyl (C=O) groups excluding carboxylic acids is 1. The number of urea groups is 1. The lowest BCUT2D eigenvalue weighted by atomic mass is 10.0. The maximum Gasteiger partial charge on any atom is 0.326 e. The van der Waals surface area contributed by atoms with Gasteiger partial charge >= 0.3 is 6.03 Å². The standard InChI is InChI=1S/C34H42N8O5SSi/c1-25(2)30-22-39(17-18-47-48(44,45)28-9-7-6-8-10-28)34(43)42(30)31-15-16-41-33(37-31)29(21-36-41)26-11-13-27(14-12-26)32-35-23-40(38-32)24-46-19-20-49(3,4)5/h6-16,21,23,25,30H,17-20,22,24H2,1-5H3/t30-/m1/s1. The van der Waals surface area contributed by atoms with Crippen molar-refractivity contribution in [2.45, 2.75) is 57.2 Å². The van der Waals surface area contributed by atoms with Gasteiger partial charge in [-0.25, -0.2) is 24.0 Å². The molecule has 15 heteroatoms. The minimum Gasteiger partial charge on any atom is -0.359 e. The van der Waals surface area contributed by atoms with Crippen molar-refractivity contribution in [3.63, 3.8) is 0 Å². The van der Waals surface area contributed by atoms with Crippen LogP contribution in [-0.4, -0.2) is 89.1 Å². The molecule has 13 nitrogen and oxygen atoms in total. The summed E-state index contributed by atoms with van der Waals surface area (Å²) in [5.41, 5.74) is 3.20. The van der Waals surface area contributed by atoms with Crippen LogP contribution in [0, 0.1) is 5.92 Å². The van der Waals surface area contributed by atoms with Crippen LogP contribution in [0.25, 0.3) is 28.2 Å². The first-order chi connectivity index (χ1) is 23.4. The van der Waals surface area contributed by atoms with E-state index in [4.69, 9.17) is 13.9 Å². The number of rotatable bonds is 14. The minimum atomic E-state index is -3.93. The highest BCUT2D eigenvalue weighted by molar-refractivity contribution is 7.86. The van der Waals surface area contributed by atoms with Crippen LogP contribution in [0.5, 0.6) is 0 Å². The first kappa shape index (κ1) is 34.4. The number of ether oxygens (including phenoxy) is 1. The molecule has 0 radical (unpaired) electrons. The van der Waals surface area contributed by atoms with Crippen LogP contribution in [0.1, 0.15) is 13.8 Å². The fraction of sp³-hybridized carbons (Fsp3) is 0.382. The van der Waals surface area contributed by atoms with Crippen LogP contribution in [-0.2, 0) is 25.8 Å². The van der Waals surface area contributed by atoms with Crippen molar-refractivity contribution in [2.75, 3.05) is 31.2 Å². The zero-order chi connectivity index (χ0) is 34.8. The molecular weight excluding hydrogens is 661 g/mol. The minimum absolute atomic E-state index is 0.0780. The average molecular weight is 703 g/mol. The monoisotopic (exact) mass is 702 g/mol. The summed E-state index contributed by atoms with van der Waals surface area (Å²) in [6, 6.07) is 18.3. The van der Waals surface area contributed by atoms with Crippen molar-refractivity contribution in [3.8, 4) is 22.5 Å².